The van der Waals surface area contributed by atoms with Gasteiger partial charge in [0.25, 0.3) is 0 Å². The van der Waals surface area contributed by atoms with Gasteiger partial charge in [-0.3, -0.25) is 0 Å². The highest BCUT2D eigenvalue weighted by atomic mass is 19.1. The van der Waals surface area contributed by atoms with E-state index in [1.165, 1.54) is 0 Å². The van der Waals surface area contributed by atoms with Crippen LogP contribution in [0.4, 0.5) is 4.39 Å². The molecular formula is C10H17F. The molecule has 1 aliphatic carbocycles. The third-order valence-electron chi connectivity index (χ3n) is 2.66. The standard InChI is InChI=1S/C10H17F/c1-7(2)9-5-4-6-10(11)8(9)3/h7,9-10H,3-6H2,1-2H3. The molecule has 1 saturated carbocycles. The van der Waals surface area contributed by atoms with Crippen molar-refractivity contribution in [1.29, 1.82) is 0 Å². The van der Waals surface area contributed by atoms with Crippen molar-refractivity contribution in [2.24, 2.45) is 11.8 Å². The molecule has 0 amide bonds. The van der Waals surface area contributed by atoms with E-state index in [1.807, 2.05) is 0 Å². The Labute approximate surface area is 68.5 Å². The normalized spacial score (nSPS) is 32.9. The van der Waals surface area contributed by atoms with Crippen LogP contribution in [0.1, 0.15) is 33.1 Å². The molecular weight excluding hydrogens is 139 g/mol. The Balaban J connectivity index is 2.58. The molecule has 2 unspecified atom stereocenters. The van der Waals surface area contributed by atoms with E-state index >= 15 is 0 Å². The van der Waals surface area contributed by atoms with Crippen LogP contribution in [-0.4, -0.2) is 6.17 Å². The molecule has 1 fully saturated rings. The largest absolute Gasteiger partial charge is 0.243 e. The molecule has 0 radical (unpaired) electrons. The molecule has 0 saturated heterocycles. The van der Waals surface area contributed by atoms with E-state index in [2.05, 4.69) is 20.4 Å². The first-order valence-corrected chi connectivity index (χ1v) is 4.45. The Kier molecular flexibility index (Phi) is 2.69. The van der Waals surface area contributed by atoms with E-state index in [1.54, 1.807) is 0 Å². The van der Waals surface area contributed by atoms with Crippen molar-refractivity contribution >= 4 is 0 Å². The average molecular weight is 156 g/mol. The number of rotatable bonds is 1. The van der Waals surface area contributed by atoms with Gasteiger partial charge in [0.2, 0.25) is 0 Å². The Morgan fingerprint density at radius 3 is 2.55 bits per heavy atom. The minimum atomic E-state index is -0.726. The van der Waals surface area contributed by atoms with Gasteiger partial charge >= 0.3 is 0 Å². The van der Waals surface area contributed by atoms with Gasteiger partial charge in [-0.2, -0.15) is 0 Å². The average Bonchev–Trinajstić information content (AvgIpc) is 1.94. The lowest BCUT2D eigenvalue weighted by Gasteiger charge is -2.30. The predicted octanol–water partition coefficient (Wildman–Crippen LogP) is 3.34. The summed E-state index contributed by atoms with van der Waals surface area (Å²) in [6.07, 6.45) is 2.14. The van der Waals surface area contributed by atoms with Crippen molar-refractivity contribution in [2.45, 2.75) is 39.3 Å². The van der Waals surface area contributed by atoms with Gasteiger partial charge in [0.15, 0.2) is 0 Å². The molecule has 0 heterocycles. The second-order valence-electron chi connectivity index (χ2n) is 3.82. The van der Waals surface area contributed by atoms with Crippen LogP contribution in [0.25, 0.3) is 0 Å². The smallest absolute Gasteiger partial charge is 0.121 e. The topological polar surface area (TPSA) is 0 Å². The van der Waals surface area contributed by atoms with Crippen molar-refractivity contribution in [3.05, 3.63) is 12.2 Å². The van der Waals surface area contributed by atoms with E-state index in [9.17, 15) is 4.39 Å². The summed E-state index contributed by atoms with van der Waals surface area (Å²) < 4.78 is 13.1. The minimum Gasteiger partial charge on any atom is -0.243 e. The van der Waals surface area contributed by atoms with Gasteiger partial charge in [0.1, 0.15) is 6.17 Å². The summed E-state index contributed by atoms with van der Waals surface area (Å²) in [6.45, 7) is 8.12. The summed E-state index contributed by atoms with van der Waals surface area (Å²) in [5.74, 6) is 0.986. The van der Waals surface area contributed by atoms with E-state index in [-0.39, 0.29) is 0 Å². The third kappa shape index (κ3) is 1.82. The van der Waals surface area contributed by atoms with Gasteiger partial charge in [-0.1, -0.05) is 20.4 Å². The quantitative estimate of drug-likeness (QED) is 0.511. The lowest BCUT2D eigenvalue weighted by Crippen LogP contribution is -2.23. The second kappa shape index (κ2) is 3.38. The lowest BCUT2D eigenvalue weighted by atomic mass is 9.77. The number of alkyl halides is 1. The van der Waals surface area contributed by atoms with E-state index in [0.717, 1.165) is 18.4 Å². The highest BCUT2D eigenvalue weighted by Gasteiger charge is 2.27. The van der Waals surface area contributed by atoms with Gasteiger partial charge in [-0.25, -0.2) is 4.39 Å². The first-order valence-electron chi connectivity index (χ1n) is 4.45. The van der Waals surface area contributed by atoms with Gasteiger partial charge in [0, 0.05) is 0 Å². The first-order chi connectivity index (χ1) is 5.13. The molecule has 0 aromatic carbocycles. The maximum Gasteiger partial charge on any atom is 0.121 e. The predicted molar refractivity (Wildman–Crippen MR) is 46.2 cm³/mol. The van der Waals surface area contributed by atoms with E-state index in [4.69, 9.17) is 0 Å². The summed E-state index contributed by atoms with van der Waals surface area (Å²) in [5, 5.41) is 0. The first kappa shape index (κ1) is 8.76. The Morgan fingerprint density at radius 2 is 2.09 bits per heavy atom. The zero-order valence-corrected chi connectivity index (χ0v) is 7.44. The molecule has 0 aromatic heterocycles. The summed E-state index contributed by atoms with van der Waals surface area (Å²) in [6, 6.07) is 0. The molecule has 0 nitrogen and oxygen atoms in total. The lowest BCUT2D eigenvalue weighted by molar-refractivity contribution is 0.246. The molecule has 0 spiro atoms. The second-order valence-corrected chi connectivity index (χ2v) is 3.82. The molecule has 1 rings (SSSR count). The maximum atomic E-state index is 13.1. The van der Waals surface area contributed by atoms with Crippen molar-refractivity contribution in [3.63, 3.8) is 0 Å². The van der Waals surface area contributed by atoms with Crippen molar-refractivity contribution in [3.8, 4) is 0 Å². The summed E-state index contributed by atoms with van der Waals surface area (Å²) in [4.78, 5) is 0. The van der Waals surface area contributed by atoms with Crippen LogP contribution in [0.5, 0.6) is 0 Å². The number of halogens is 1. The van der Waals surface area contributed by atoms with Crippen LogP contribution < -0.4 is 0 Å². The van der Waals surface area contributed by atoms with Crippen molar-refractivity contribution < 1.29 is 4.39 Å². The molecule has 1 heteroatoms. The van der Waals surface area contributed by atoms with Gasteiger partial charge in [-0.05, 0) is 36.7 Å². The fraction of sp³-hybridized carbons (Fsp3) is 0.800. The van der Waals surface area contributed by atoms with Crippen LogP contribution in [-0.2, 0) is 0 Å². The molecule has 2 atom stereocenters. The SMILES string of the molecule is C=C1C(F)CCCC1C(C)C. The van der Waals surface area contributed by atoms with Gasteiger partial charge in [0.05, 0.1) is 0 Å². The van der Waals surface area contributed by atoms with E-state index in [0.29, 0.717) is 18.3 Å². The van der Waals surface area contributed by atoms with Crippen molar-refractivity contribution in [2.75, 3.05) is 0 Å². The molecule has 0 N–H and O–H groups in total. The molecule has 0 aliphatic heterocycles. The molecule has 0 bridgehead atoms. The minimum absolute atomic E-state index is 0.429. The van der Waals surface area contributed by atoms with Crippen LogP contribution in [0.3, 0.4) is 0 Å². The third-order valence-corrected chi connectivity index (χ3v) is 2.66. The summed E-state index contributed by atoms with van der Waals surface area (Å²) >= 11 is 0. The zero-order valence-electron chi connectivity index (χ0n) is 7.44. The van der Waals surface area contributed by atoms with Crippen LogP contribution in [0, 0.1) is 11.8 Å². The van der Waals surface area contributed by atoms with Crippen LogP contribution >= 0.6 is 0 Å². The fourth-order valence-corrected chi connectivity index (χ4v) is 1.88. The number of allylic oxidation sites excluding steroid dienone is 1. The number of hydrogen-bond acceptors (Lipinski definition) is 0. The molecule has 1 aliphatic rings. The van der Waals surface area contributed by atoms with Crippen molar-refractivity contribution in [1.82, 2.24) is 0 Å². The Bertz CT molecular complexity index is 149. The highest BCUT2D eigenvalue weighted by molar-refractivity contribution is 5.10. The summed E-state index contributed by atoms with van der Waals surface area (Å²) in [5.41, 5.74) is 0.839. The molecule has 11 heavy (non-hydrogen) atoms. The molecule has 64 valence electrons. The molecule has 0 aromatic rings. The Hall–Kier alpha value is -0.330. The number of hydrogen-bond donors (Lipinski definition) is 0. The van der Waals surface area contributed by atoms with Crippen LogP contribution in [0.15, 0.2) is 12.2 Å². The van der Waals surface area contributed by atoms with Gasteiger partial charge < -0.3 is 0 Å². The Morgan fingerprint density at radius 1 is 1.45 bits per heavy atom. The van der Waals surface area contributed by atoms with Gasteiger partial charge in [-0.15, -0.1) is 0 Å². The maximum absolute atomic E-state index is 13.1. The highest BCUT2D eigenvalue weighted by Crippen LogP contribution is 2.34. The van der Waals surface area contributed by atoms with E-state index < -0.39 is 6.17 Å². The fourth-order valence-electron chi connectivity index (χ4n) is 1.88. The monoisotopic (exact) mass is 156 g/mol. The van der Waals surface area contributed by atoms with Crippen LogP contribution in [0.2, 0.25) is 0 Å². The summed E-state index contributed by atoms with van der Waals surface area (Å²) in [7, 11) is 0. The zero-order chi connectivity index (χ0) is 8.43.